The van der Waals surface area contributed by atoms with Crippen LogP contribution in [0.4, 0.5) is 17.1 Å². The Labute approximate surface area is 323 Å². The van der Waals surface area contributed by atoms with Gasteiger partial charge in [-0.1, -0.05) is 133 Å². The molecule has 0 atom stereocenters. The van der Waals surface area contributed by atoms with Gasteiger partial charge in [0.2, 0.25) is 0 Å². The zero-order chi connectivity index (χ0) is 36.3. The summed E-state index contributed by atoms with van der Waals surface area (Å²) in [6.45, 7) is 0. The van der Waals surface area contributed by atoms with E-state index in [2.05, 4.69) is 216 Å². The highest BCUT2D eigenvalue weighted by molar-refractivity contribution is 7.25. The van der Waals surface area contributed by atoms with Crippen molar-refractivity contribution in [2.45, 2.75) is 0 Å². The van der Waals surface area contributed by atoms with Crippen molar-refractivity contribution in [1.29, 1.82) is 0 Å². The molecular formula is C52H34N2S. The minimum atomic E-state index is 1.10. The van der Waals surface area contributed by atoms with Crippen LogP contribution in [0.5, 0.6) is 0 Å². The van der Waals surface area contributed by atoms with Gasteiger partial charge in [0.05, 0.1) is 16.7 Å². The van der Waals surface area contributed by atoms with Gasteiger partial charge in [0.1, 0.15) is 0 Å². The first-order chi connectivity index (χ1) is 27.3. The molecule has 0 spiro atoms. The molecule has 2 aromatic heterocycles. The molecule has 0 radical (unpaired) electrons. The number of aromatic nitrogens is 1. The van der Waals surface area contributed by atoms with Gasteiger partial charge >= 0.3 is 0 Å². The zero-order valence-corrected chi connectivity index (χ0v) is 30.7. The van der Waals surface area contributed by atoms with Crippen LogP contribution >= 0.6 is 11.3 Å². The minimum Gasteiger partial charge on any atom is -0.308 e. The lowest BCUT2D eigenvalue weighted by atomic mass is 10.0. The molecule has 0 aliphatic carbocycles. The van der Waals surface area contributed by atoms with Gasteiger partial charge in [-0.05, 0) is 106 Å². The van der Waals surface area contributed by atoms with Gasteiger partial charge in [-0.3, -0.25) is 0 Å². The van der Waals surface area contributed by atoms with Crippen LogP contribution in [0.25, 0.3) is 80.7 Å². The van der Waals surface area contributed by atoms with E-state index in [-0.39, 0.29) is 0 Å². The third-order valence-corrected chi connectivity index (χ3v) is 12.1. The molecule has 258 valence electrons. The predicted molar refractivity (Wildman–Crippen MR) is 237 cm³/mol. The molecule has 0 bridgehead atoms. The van der Waals surface area contributed by atoms with Crippen molar-refractivity contribution in [3.8, 4) is 27.9 Å². The molecule has 2 heterocycles. The standard InChI is InChI=1S/C52H34N2S/c1-3-12-35(13-4-1)36-22-27-42(28-23-36)53(49-21-11-19-45-44-18-9-10-20-48(44)54(52(45)49)41-16-5-2-6-17-41)43-29-24-37(25-30-43)40-26-31-50-46(33-40)47-32-38-14-7-8-15-39(38)34-51(47)55-50/h1-34H. The summed E-state index contributed by atoms with van der Waals surface area (Å²) < 4.78 is 5.07. The van der Waals surface area contributed by atoms with E-state index in [1.807, 2.05) is 11.3 Å². The topological polar surface area (TPSA) is 8.17 Å². The molecule has 3 heteroatoms. The van der Waals surface area contributed by atoms with E-state index in [9.17, 15) is 0 Å². The molecule has 55 heavy (non-hydrogen) atoms. The van der Waals surface area contributed by atoms with E-state index in [1.54, 1.807) is 0 Å². The summed E-state index contributed by atoms with van der Waals surface area (Å²) in [7, 11) is 0. The van der Waals surface area contributed by atoms with E-state index in [0.29, 0.717) is 0 Å². The van der Waals surface area contributed by atoms with E-state index in [0.717, 1.165) is 22.7 Å². The highest BCUT2D eigenvalue weighted by Gasteiger charge is 2.21. The van der Waals surface area contributed by atoms with Crippen LogP contribution in [0.3, 0.4) is 0 Å². The van der Waals surface area contributed by atoms with Gasteiger partial charge in [0.15, 0.2) is 0 Å². The molecule has 0 aliphatic heterocycles. The fraction of sp³-hybridized carbons (Fsp3) is 0. The lowest BCUT2D eigenvalue weighted by Gasteiger charge is -2.27. The van der Waals surface area contributed by atoms with Crippen molar-refractivity contribution in [1.82, 2.24) is 4.57 Å². The molecule has 0 saturated heterocycles. The maximum atomic E-state index is 2.42. The quantitative estimate of drug-likeness (QED) is 0.166. The summed E-state index contributed by atoms with van der Waals surface area (Å²) in [5.41, 5.74) is 11.6. The lowest BCUT2D eigenvalue weighted by Crippen LogP contribution is -2.11. The van der Waals surface area contributed by atoms with Crippen molar-refractivity contribution >= 4 is 81.1 Å². The van der Waals surface area contributed by atoms with Gasteiger partial charge in [0.25, 0.3) is 0 Å². The lowest BCUT2D eigenvalue weighted by molar-refractivity contribution is 1.17. The van der Waals surface area contributed by atoms with Crippen molar-refractivity contribution in [3.05, 3.63) is 206 Å². The Kier molecular flexibility index (Phi) is 7.39. The van der Waals surface area contributed by atoms with Crippen LogP contribution < -0.4 is 4.90 Å². The average Bonchev–Trinajstić information content (AvgIpc) is 3.79. The third kappa shape index (κ3) is 5.32. The summed E-state index contributed by atoms with van der Waals surface area (Å²) in [5.74, 6) is 0. The van der Waals surface area contributed by atoms with Crippen molar-refractivity contribution in [3.63, 3.8) is 0 Å². The van der Waals surface area contributed by atoms with Crippen LogP contribution in [0, 0.1) is 0 Å². The van der Waals surface area contributed by atoms with Crippen LogP contribution in [-0.2, 0) is 0 Å². The monoisotopic (exact) mass is 718 g/mol. The molecule has 2 nitrogen and oxygen atoms in total. The fourth-order valence-corrected chi connectivity index (χ4v) is 9.45. The number of rotatable bonds is 6. The largest absolute Gasteiger partial charge is 0.308 e. The molecule has 0 unspecified atom stereocenters. The van der Waals surface area contributed by atoms with E-state index in [4.69, 9.17) is 0 Å². The third-order valence-electron chi connectivity index (χ3n) is 11.0. The smallest absolute Gasteiger partial charge is 0.0782 e. The Bertz CT molecular complexity index is 3180. The average molecular weight is 719 g/mol. The number of benzene rings is 9. The first-order valence-electron chi connectivity index (χ1n) is 18.8. The predicted octanol–water partition coefficient (Wildman–Crippen LogP) is 15.1. The Morgan fingerprint density at radius 2 is 0.927 bits per heavy atom. The molecule has 11 rings (SSSR count). The Balaban J connectivity index is 1.08. The summed E-state index contributed by atoms with van der Waals surface area (Å²) in [4.78, 5) is 2.42. The fourth-order valence-electron chi connectivity index (χ4n) is 8.33. The van der Waals surface area contributed by atoms with Gasteiger partial charge in [-0.15, -0.1) is 11.3 Å². The Morgan fingerprint density at radius 1 is 0.364 bits per heavy atom. The molecule has 0 N–H and O–H groups in total. The van der Waals surface area contributed by atoms with Crippen LogP contribution in [-0.4, -0.2) is 4.57 Å². The number of anilines is 3. The molecule has 11 aromatic rings. The van der Waals surface area contributed by atoms with E-state index in [1.165, 1.54) is 75.0 Å². The van der Waals surface area contributed by atoms with Gasteiger partial charge in [0, 0.05) is 48.0 Å². The number of para-hydroxylation sites is 3. The number of fused-ring (bicyclic) bond motifs is 7. The second kappa shape index (κ2) is 12.9. The SMILES string of the molecule is c1ccc(-c2ccc(N(c3ccc(-c4ccc5sc6cc7ccccc7cc6c5c4)cc3)c3cccc4c5ccccc5n(-c5ccccc5)c34)cc2)cc1. The number of thiophene rings is 1. The van der Waals surface area contributed by atoms with E-state index >= 15 is 0 Å². The van der Waals surface area contributed by atoms with Crippen LogP contribution in [0.2, 0.25) is 0 Å². The van der Waals surface area contributed by atoms with Crippen molar-refractivity contribution in [2.24, 2.45) is 0 Å². The van der Waals surface area contributed by atoms with Crippen LogP contribution in [0.1, 0.15) is 0 Å². The number of hydrogen-bond acceptors (Lipinski definition) is 2. The Morgan fingerprint density at radius 3 is 1.67 bits per heavy atom. The second-order valence-electron chi connectivity index (χ2n) is 14.2. The first kappa shape index (κ1) is 31.6. The van der Waals surface area contributed by atoms with Crippen molar-refractivity contribution in [2.75, 3.05) is 4.90 Å². The molecule has 0 fully saturated rings. The van der Waals surface area contributed by atoms with Crippen LogP contribution in [0.15, 0.2) is 206 Å². The van der Waals surface area contributed by atoms with Gasteiger partial charge in [-0.25, -0.2) is 0 Å². The minimum absolute atomic E-state index is 1.10. The summed E-state index contributed by atoms with van der Waals surface area (Å²) >= 11 is 1.87. The zero-order valence-electron chi connectivity index (χ0n) is 29.9. The summed E-state index contributed by atoms with van der Waals surface area (Å²) in [5, 5.41) is 7.67. The first-order valence-corrected chi connectivity index (χ1v) is 19.6. The maximum absolute atomic E-state index is 2.42. The summed E-state index contributed by atoms with van der Waals surface area (Å²) in [6.07, 6.45) is 0. The van der Waals surface area contributed by atoms with E-state index < -0.39 is 0 Å². The maximum Gasteiger partial charge on any atom is 0.0782 e. The van der Waals surface area contributed by atoms with Gasteiger partial charge < -0.3 is 9.47 Å². The second-order valence-corrected chi connectivity index (χ2v) is 15.2. The van der Waals surface area contributed by atoms with Crippen molar-refractivity contribution < 1.29 is 0 Å². The van der Waals surface area contributed by atoms with Gasteiger partial charge in [-0.2, -0.15) is 0 Å². The molecular weight excluding hydrogens is 685 g/mol. The summed E-state index contributed by atoms with van der Waals surface area (Å²) in [6, 6.07) is 75.2. The number of nitrogens with zero attached hydrogens (tertiary/aromatic N) is 2. The highest BCUT2D eigenvalue weighted by atomic mass is 32.1. The Hall–Kier alpha value is -6.94. The molecule has 0 saturated carbocycles. The normalized spacial score (nSPS) is 11.6. The molecule has 0 aliphatic rings. The highest BCUT2D eigenvalue weighted by Crippen LogP contribution is 2.44. The number of hydrogen-bond donors (Lipinski definition) is 0. The molecule has 0 amide bonds. The molecule has 9 aromatic carbocycles.